The van der Waals surface area contributed by atoms with Gasteiger partial charge in [0.1, 0.15) is 5.82 Å². The van der Waals surface area contributed by atoms with Gasteiger partial charge < -0.3 is 20.4 Å². The van der Waals surface area contributed by atoms with E-state index in [1.54, 1.807) is 43.7 Å². The summed E-state index contributed by atoms with van der Waals surface area (Å²) in [6, 6.07) is 10.8. The van der Waals surface area contributed by atoms with Gasteiger partial charge in [-0.25, -0.2) is 4.98 Å². The van der Waals surface area contributed by atoms with Gasteiger partial charge in [0.25, 0.3) is 11.5 Å². The van der Waals surface area contributed by atoms with Crippen LogP contribution in [0.25, 0.3) is 22.0 Å². The number of rotatable bonds is 7. The van der Waals surface area contributed by atoms with Crippen molar-refractivity contribution < 1.29 is 9.53 Å². The van der Waals surface area contributed by atoms with Gasteiger partial charge in [-0.3, -0.25) is 19.2 Å². The minimum absolute atomic E-state index is 0.163. The maximum absolute atomic E-state index is 12.6. The molecule has 4 heterocycles. The fraction of sp³-hybridized carbons (Fsp3) is 0.280. The van der Waals surface area contributed by atoms with E-state index in [0.717, 1.165) is 50.3 Å². The van der Waals surface area contributed by atoms with Crippen LogP contribution in [0.2, 0.25) is 0 Å². The van der Waals surface area contributed by atoms with Gasteiger partial charge >= 0.3 is 0 Å². The molecule has 0 atom stereocenters. The van der Waals surface area contributed by atoms with Crippen LogP contribution in [0.3, 0.4) is 0 Å². The number of hydrogen-bond donors (Lipinski definition) is 3. The molecule has 1 aliphatic rings. The largest absolute Gasteiger partial charge is 0.379 e. The number of anilines is 2. The number of nitrogens with zero attached hydrogens (tertiary/aromatic N) is 4. The van der Waals surface area contributed by atoms with Gasteiger partial charge in [0.15, 0.2) is 0 Å². The lowest BCUT2D eigenvalue weighted by Gasteiger charge is -2.26. The van der Waals surface area contributed by atoms with Crippen LogP contribution >= 0.6 is 0 Å². The molecule has 0 spiro atoms. The molecule has 0 aliphatic carbocycles. The molecular weight excluding hydrogens is 446 g/mol. The summed E-state index contributed by atoms with van der Waals surface area (Å²) in [6.07, 6.45) is 5.40. The van der Waals surface area contributed by atoms with E-state index < -0.39 is 0 Å². The van der Waals surface area contributed by atoms with Crippen LogP contribution in [0.1, 0.15) is 10.4 Å². The second-order valence-corrected chi connectivity index (χ2v) is 8.35. The molecule has 1 saturated heterocycles. The third-order valence-electron chi connectivity index (χ3n) is 6.07. The number of carbonyl (C=O) groups excluding carboxylic acids is 1. The topological polar surface area (TPSA) is 117 Å². The van der Waals surface area contributed by atoms with E-state index in [-0.39, 0.29) is 11.5 Å². The quantitative estimate of drug-likeness (QED) is 0.377. The lowest BCUT2D eigenvalue weighted by molar-refractivity contribution is 0.0360. The zero-order valence-electron chi connectivity index (χ0n) is 19.5. The predicted octanol–water partition coefficient (Wildman–Crippen LogP) is 2.22. The van der Waals surface area contributed by atoms with Crippen LogP contribution in [0.5, 0.6) is 0 Å². The van der Waals surface area contributed by atoms with Gasteiger partial charge in [0, 0.05) is 55.9 Å². The van der Waals surface area contributed by atoms with Crippen LogP contribution in [0.4, 0.5) is 11.5 Å². The van der Waals surface area contributed by atoms with Crippen LogP contribution in [-0.4, -0.2) is 70.5 Å². The summed E-state index contributed by atoms with van der Waals surface area (Å²) in [4.78, 5) is 34.3. The highest BCUT2D eigenvalue weighted by atomic mass is 16.5. The summed E-state index contributed by atoms with van der Waals surface area (Å²) in [6.45, 7) is 5.10. The molecule has 1 amide bonds. The summed E-state index contributed by atoms with van der Waals surface area (Å²) in [5, 5.41) is 11.6. The van der Waals surface area contributed by atoms with Gasteiger partial charge in [0.2, 0.25) is 0 Å². The van der Waals surface area contributed by atoms with Crippen molar-refractivity contribution in [2.24, 2.45) is 0 Å². The van der Waals surface area contributed by atoms with Crippen LogP contribution < -0.4 is 16.2 Å². The normalized spacial score (nSPS) is 14.2. The molecule has 10 nitrogen and oxygen atoms in total. The average molecular weight is 474 g/mol. The number of nitrogens with one attached hydrogen (secondary N) is 3. The Hall–Kier alpha value is -4.02. The molecule has 1 aromatic carbocycles. The number of amides is 1. The molecule has 1 fully saturated rings. The molecule has 0 unspecified atom stereocenters. The fourth-order valence-electron chi connectivity index (χ4n) is 4.13. The van der Waals surface area contributed by atoms with Crippen molar-refractivity contribution in [2.45, 2.75) is 6.54 Å². The number of aromatic amines is 1. The average Bonchev–Trinajstić information content (AvgIpc) is 3.37. The monoisotopic (exact) mass is 473 g/mol. The summed E-state index contributed by atoms with van der Waals surface area (Å²) < 4.78 is 7.33. The third kappa shape index (κ3) is 5.08. The summed E-state index contributed by atoms with van der Waals surface area (Å²) >= 11 is 0. The smallest absolute Gasteiger partial charge is 0.259 e. The molecule has 180 valence electrons. The van der Waals surface area contributed by atoms with E-state index in [9.17, 15) is 9.59 Å². The van der Waals surface area contributed by atoms with E-state index in [1.807, 2.05) is 23.0 Å². The first-order valence-electron chi connectivity index (χ1n) is 11.6. The molecule has 10 heteroatoms. The van der Waals surface area contributed by atoms with Gasteiger partial charge in [-0.2, -0.15) is 5.10 Å². The first kappa shape index (κ1) is 22.8. The van der Waals surface area contributed by atoms with Crippen molar-refractivity contribution in [3.05, 3.63) is 70.9 Å². The second-order valence-electron chi connectivity index (χ2n) is 8.35. The van der Waals surface area contributed by atoms with E-state index in [2.05, 4.69) is 25.6 Å². The SMILES string of the molecule is CNC(=O)c1ccc(Nc2nc(-c3cnn(CCN4CCOCC4)c3)cc3cc[nH]c(=O)c23)cc1. The standard InChI is InChI=1S/C25H27N7O3/c1-26-24(33)17-2-4-20(5-3-17)29-23-22-18(6-7-27-25(22)34)14-21(30-23)19-15-28-32(16-19)9-8-31-10-12-35-13-11-31/h2-7,14-16H,8-13H2,1H3,(H,26,33)(H,27,34)(H,29,30). The number of hydrogen-bond acceptors (Lipinski definition) is 7. The number of carbonyl (C=O) groups is 1. The molecule has 4 aromatic rings. The molecule has 5 rings (SSSR count). The molecule has 35 heavy (non-hydrogen) atoms. The predicted molar refractivity (Wildman–Crippen MR) is 134 cm³/mol. The Bertz CT molecular complexity index is 1390. The second kappa shape index (κ2) is 10.1. The van der Waals surface area contributed by atoms with Crippen molar-refractivity contribution in [1.29, 1.82) is 0 Å². The number of benzene rings is 1. The van der Waals surface area contributed by atoms with Crippen LogP contribution in [-0.2, 0) is 11.3 Å². The highest BCUT2D eigenvalue weighted by molar-refractivity contribution is 5.96. The highest BCUT2D eigenvalue weighted by Gasteiger charge is 2.14. The number of ether oxygens (including phenoxy) is 1. The molecular formula is C25H27N7O3. The van der Waals surface area contributed by atoms with Crippen LogP contribution in [0, 0.1) is 0 Å². The lowest BCUT2D eigenvalue weighted by Crippen LogP contribution is -2.38. The lowest BCUT2D eigenvalue weighted by atomic mass is 10.1. The first-order valence-corrected chi connectivity index (χ1v) is 11.6. The number of aromatic nitrogens is 4. The van der Waals surface area contributed by atoms with E-state index in [1.165, 1.54) is 0 Å². The summed E-state index contributed by atoms with van der Waals surface area (Å²) in [7, 11) is 1.59. The minimum Gasteiger partial charge on any atom is -0.379 e. The molecule has 1 aliphatic heterocycles. The zero-order valence-corrected chi connectivity index (χ0v) is 19.5. The van der Waals surface area contributed by atoms with Gasteiger partial charge in [-0.1, -0.05) is 0 Å². The maximum Gasteiger partial charge on any atom is 0.259 e. The Morgan fingerprint density at radius 3 is 2.71 bits per heavy atom. The van der Waals surface area contributed by atoms with Crippen molar-refractivity contribution in [1.82, 2.24) is 30.0 Å². The molecule has 0 radical (unpaired) electrons. The number of pyridine rings is 2. The van der Waals surface area contributed by atoms with Gasteiger partial charge in [-0.05, 0) is 41.8 Å². The fourth-order valence-corrected chi connectivity index (χ4v) is 4.13. The molecule has 0 saturated carbocycles. The summed E-state index contributed by atoms with van der Waals surface area (Å²) in [5.74, 6) is 0.275. The molecule has 3 N–H and O–H groups in total. The number of fused-ring (bicyclic) bond motifs is 1. The number of H-pyrrole nitrogens is 1. The maximum atomic E-state index is 12.6. The van der Waals surface area contributed by atoms with E-state index in [4.69, 9.17) is 9.72 Å². The Morgan fingerprint density at radius 1 is 1.14 bits per heavy atom. The van der Waals surface area contributed by atoms with Gasteiger partial charge in [0.05, 0.1) is 37.0 Å². The molecule has 0 bridgehead atoms. The zero-order chi connectivity index (χ0) is 24.2. The Balaban J connectivity index is 1.42. The Morgan fingerprint density at radius 2 is 1.94 bits per heavy atom. The van der Waals surface area contributed by atoms with Crippen molar-refractivity contribution in [2.75, 3.05) is 45.2 Å². The Kier molecular flexibility index (Phi) is 6.55. The van der Waals surface area contributed by atoms with Crippen molar-refractivity contribution in [3.8, 4) is 11.3 Å². The summed E-state index contributed by atoms with van der Waals surface area (Å²) in [5.41, 5.74) is 2.62. The van der Waals surface area contributed by atoms with Crippen LogP contribution in [0.15, 0.2) is 59.8 Å². The van der Waals surface area contributed by atoms with Crippen molar-refractivity contribution >= 4 is 28.2 Å². The van der Waals surface area contributed by atoms with E-state index >= 15 is 0 Å². The number of morpholine rings is 1. The first-order chi connectivity index (χ1) is 17.1. The third-order valence-corrected chi connectivity index (χ3v) is 6.07. The van der Waals surface area contributed by atoms with E-state index in [0.29, 0.717) is 28.1 Å². The Labute approximate surface area is 201 Å². The van der Waals surface area contributed by atoms with Gasteiger partial charge in [-0.15, -0.1) is 0 Å². The highest BCUT2D eigenvalue weighted by Crippen LogP contribution is 2.27. The minimum atomic E-state index is -0.229. The van der Waals surface area contributed by atoms with Crippen molar-refractivity contribution in [3.63, 3.8) is 0 Å². The molecule has 3 aromatic heterocycles.